The number of carboxylic acids is 1. The highest BCUT2D eigenvalue weighted by atomic mass is 32.2. The fourth-order valence-corrected chi connectivity index (χ4v) is 3.28. The van der Waals surface area contributed by atoms with Crippen molar-refractivity contribution in [2.75, 3.05) is 4.72 Å². The molecular weight excluding hydrogens is 340 g/mol. The smallest absolute Gasteiger partial charge is 0.335 e. The van der Waals surface area contributed by atoms with Crippen molar-refractivity contribution in [3.63, 3.8) is 0 Å². The molecule has 2 aromatic rings. The van der Waals surface area contributed by atoms with E-state index in [9.17, 15) is 28.4 Å². The Morgan fingerprint density at radius 3 is 2.42 bits per heavy atom. The molecule has 0 radical (unpaired) electrons. The second-order valence-corrected chi connectivity index (χ2v) is 6.48. The molecule has 0 saturated carbocycles. The molecule has 0 fully saturated rings. The fourth-order valence-electron chi connectivity index (χ4n) is 1.96. The maximum Gasteiger partial charge on any atom is 0.335 e. The van der Waals surface area contributed by atoms with Crippen molar-refractivity contribution in [3.8, 4) is 5.75 Å². The van der Waals surface area contributed by atoms with Crippen LogP contribution in [-0.2, 0) is 10.0 Å². The number of aryl methyl sites for hydroxylation is 1. The standard InChI is InChI=1S/C14H12N2O7S/c1-8-2-4-10(16(20)21)7-13(8)24(22,23)15-9-3-5-11(14(18)19)12(17)6-9/h2-7,15,17H,1H3,(H,18,19)/p-1. The second-order valence-electron chi connectivity index (χ2n) is 4.83. The molecule has 10 heteroatoms. The Morgan fingerprint density at radius 1 is 1.21 bits per heavy atom. The van der Waals surface area contributed by atoms with Gasteiger partial charge in [-0.05, 0) is 30.7 Å². The number of sulfonamides is 1. The van der Waals surface area contributed by atoms with Gasteiger partial charge in [0.15, 0.2) is 0 Å². The van der Waals surface area contributed by atoms with Gasteiger partial charge in [0.05, 0.1) is 15.4 Å². The lowest BCUT2D eigenvalue weighted by atomic mass is 10.2. The third-order valence-corrected chi connectivity index (χ3v) is 4.66. The molecule has 0 aromatic heterocycles. The number of rotatable bonds is 5. The molecule has 0 aliphatic rings. The molecule has 0 aliphatic heterocycles. The van der Waals surface area contributed by atoms with Crippen LogP contribution in [0.1, 0.15) is 15.9 Å². The van der Waals surface area contributed by atoms with E-state index in [2.05, 4.69) is 4.72 Å². The Balaban J connectivity index is 2.42. The molecule has 9 nitrogen and oxygen atoms in total. The highest BCUT2D eigenvalue weighted by Crippen LogP contribution is 2.26. The van der Waals surface area contributed by atoms with Gasteiger partial charge < -0.3 is 10.2 Å². The van der Waals surface area contributed by atoms with Crippen LogP contribution in [0.2, 0.25) is 0 Å². The number of anilines is 1. The summed E-state index contributed by atoms with van der Waals surface area (Å²) >= 11 is 0. The predicted octanol–water partition coefficient (Wildman–Crippen LogP) is 1.48. The van der Waals surface area contributed by atoms with E-state index in [0.717, 1.165) is 24.3 Å². The number of hydrogen-bond donors (Lipinski definition) is 2. The van der Waals surface area contributed by atoms with E-state index in [1.54, 1.807) is 0 Å². The number of benzene rings is 2. The Labute approximate surface area is 136 Å². The lowest BCUT2D eigenvalue weighted by Crippen LogP contribution is -2.15. The van der Waals surface area contributed by atoms with Crippen LogP contribution in [0.5, 0.6) is 5.75 Å². The Bertz CT molecular complexity index is 938. The van der Waals surface area contributed by atoms with Gasteiger partial charge in [-0.2, -0.15) is 0 Å². The molecule has 0 atom stereocenters. The first-order valence-corrected chi connectivity index (χ1v) is 7.92. The lowest BCUT2D eigenvalue weighted by Gasteiger charge is -2.14. The van der Waals surface area contributed by atoms with Gasteiger partial charge in [0.25, 0.3) is 15.7 Å². The number of nitrogens with zero attached hydrogens (tertiary/aromatic N) is 1. The molecule has 2 N–H and O–H groups in total. The lowest BCUT2D eigenvalue weighted by molar-refractivity contribution is -0.385. The number of hydrogen-bond acceptors (Lipinski definition) is 6. The zero-order chi connectivity index (χ0) is 18.1. The number of nitro groups is 1. The Hall–Kier alpha value is -3.14. The third kappa shape index (κ3) is 3.43. The van der Waals surface area contributed by atoms with Gasteiger partial charge in [-0.15, -0.1) is 0 Å². The first-order chi connectivity index (χ1) is 11.1. The zero-order valence-electron chi connectivity index (χ0n) is 12.2. The number of nitrogens with one attached hydrogen (secondary N) is 1. The molecule has 0 spiro atoms. The molecule has 2 aromatic carbocycles. The molecule has 2 rings (SSSR count). The van der Waals surface area contributed by atoms with Crippen molar-refractivity contribution in [1.82, 2.24) is 0 Å². The van der Waals surface area contributed by atoms with Crippen LogP contribution in [0.3, 0.4) is 0 Å². The van der Waals surface area contributed by atoms with Gasteiger partial charge in [-0.25, -0.2) is 13.2 Å². The van der Waals surface area contributed by atoms with E-state index in [-0.39, 0.29) is 16.1 Å². The molecule has 0 bridgehead atoms. The summed E-state index contributed by atoms with van der Waals surface area (Å²) in [6.45, 7) is 1.46. The van der Waals surface area contributed by atoms with Gasteiger partial charge in [0.2, 0.25) is 0 Å². The van der Waals surface area contributed by atoms with E-state index in [0.29, 0.717) is 0 Å². The second kappa shape index (κ2) is 6.16. The van der Waals surface area contributed by atoms with E-state index in [4.69, 9.17) is 5.11 Å². The summed E-state index contributed by atoms with van der Waals surface area (Å²) in [5.74, 6) is -2.29. The minimum absolute atomic E-state index is 0.143. The topological polar surface area (TPSA) is 150 Å². The Kier molecular flexibility index (Phi) is 4.42. The van der Waals surface area contributed by atoms with Crippen LogP contribution in [0.25, 0.3) is 0 Å². The molecule has 0 heterocycles. The van der Waals surface area contributed by atoms with Crippen molar-refractivity contribution >= 4 is 27.4 Å². The summed E-state index contributed by atoms with van der Waals surface area (Å²) in [4.78, 5) is 20.5. The number of non-ortho nitro benzene ring substituents is 1. The van der Waals surface area contributed by atoms with E-state index < -0.39 is 37.9 Å². The molecule has 0 unspecified atom stereocenters. The summed E-state index contributed by atoms with van der Waals surface area (Å²) in [7, 11) is -4.19. The average molecular weight is 351 g/mol. The van der Waals surface area contributed by atoms with Crippen LogP contribution in [0.4, 0.5) is 11.4 Å². The molecular formula is C14H11N2O7S-. The number of nitro benzene ring substituents is 1. The normalized spacial score (nSPS) is 11.0. The van der Waals surface area contributed by atoms with Crippen molar-refractivity contribution in [3.05, 3.63) is 57.6 Å². The van der Waals surface area contributed by atoms with Gasteiger partial charge in [-0.3, -0.25) is 14.8 Å². The van der Waals surface area contributed by atoms with Crippen LogP contribution in [0.15, 0.2) is 41.3 Å². The number of carbonyl (C=O) groups is 1. The van der Waals surface area contributed by atoms with Crippen LogP contribution >= 0.6 is 0 Å². The quantitative estimate of drug-likeness (QED) is 0.611. The monoisotopic (exact) mass is 351 g/mol. The van der Waals surface area contributed by atoms with Crippen LogP contribution in [-0.4, -0.2) is 24.4 Å². The highest BCUT2D eigenvalue weighted by Gasteiger charge is 2.21. The maximum atomic E-state index is 12.4. The van der Waals surface area contributed by atoms with Crippen molar-refractivity contribution in [2.24, 2.45) is 0 Å². The highest BCUT2D eigenvalue weighted by molar-refractivity contribution is 7.92. The fraction of sp³-hybridized carbons (Fsp3) is 0.0714. The zero-order valence-corrected chi connectivity index (χ0v) is 13.0. The van der Waals surface area contributed by atoms with Gasteiger partial charge in [0, 0.05) is 17.8 Å². The predicted molar refractivity (Wildman–Crippen MR) is 81.5 cm³/mol. The van der Waals surface area contributed by atoms with Crippen LogP contribution < -0.4 is 9.83 Å². The van der Waals surface area contributed by atoms with E-state index in [1.807, 2.05) is 0 Å². The van der Waals surface area contributed by atoms with Crippen molar-refractivity contribution in [2.45, 2.75) is 11.8 Å². The summed E-state index contributed by atoms with van der Waals surface area (Å²) in [6.07, 6.45) is 0. The minimum Gasteiger partial charge on any atom is -0.872 e. The molecule has 0 aliphatic carbocycles. The van der Waals surface area contributed by atoms with Gasteiger partial charge in [0.1, 0.15) is 0 Å². The average Bonchev–Trinajstić information content (AvgIpc) is 2.46. The summed E-state index contributed by atoms with van der Waals surface area (Å²) in [5, 5.41) is 31.2. The van der Waals surface area contributed by atoms with Crippen LogP contribution in [0, 0.1) is 17.0 Å². The van der Waals surface area contributed by atoms with E-state index >= 15 is 0 Å². The first kappa shape index (κ1) is 17.2. The summed E-state index contributed by atoms with van der Waals surface area (Å²) in [5.41, 5.74) is -0.760. The van der Waals surface area contributed by atoms with Crippen molar-refractivity contribution < 1.29 is 28.3 Å². The summed E-state index contributed by atoms with van der Waals surface area (Å²) in [6, 6.07) is 6.29. The number of carboxylic acid groups (broad SMARTS) is 1. The minimum atomic E-state index is -4.19. The van der Waals surface area contributed by atoms with Gasteiger partial charge >= 0.3 is 5.97 Å². The van der Waals surface area contributed by atoms with Crippen molar-refractivity contribution in [1.29, 1.82) is 0 Å². The first-order valence-electron chi connectivity index (χ1n) is 6.44. The largest absolute Gasteiger partial charge is 0.872 e. The van der Waals surface area contributed by atoms with Gasteiger partial charge in [-0.1, -0.05) is 11.8 Å². The SMILES string of the molecule is Cc1ccc([N+](=O)[O-])cc1S(=O)(=O)Nc1ccc(C(=O)O)c([O-])c1. The molecule has 126 valence electrons. The number of aromatic carboxylic acids is 1. The molecule has 0 saturated heterocycles. The molecule has 0 amide bonds. The summed E-state index contributed by atoms with van der Waals surface area (Å²) < 4.78 is 26.9. The Morgan fingerprint density at radius 2 is 1.88 bits per heavy atom. The molecule has 24 heavy (non-hydrogen) atoms. The van der Waals surface area contributed by atoms with E-state index in [1.165, 1.54) is 19.1 Å². The third-order valence-electron chi connectivity index (χ3n) is 3.14. The maximum absolute atomic E-state index is 12.4.